The molecular formula is C22H22BrNO3. The molecule has 0 saturated heterocycles. The van der Waals surface area contributed by atoms with Crippen molar-refractivity contribution >= 4 is 33.3 Å². The topological polar surface area (TPSA) is 57.6 Å². The third-order valence-corrected chi connectivity index (χ3v) is 5.66. The van der Waals surface area contributed by atoms with Crippen LogP contribution in [0.1, 0.15) is 39.0 Å². The highest BCUT2D eigenvalue weighted by atomic mass is 79.9. The fourth-order valence-electron chi connectivity index (χ4n) is 3.59. The minimum absolute atomic E-state index is 0.252. The summed E-state index contributed by atoms with van der Waals surface area (Å²) in [6, 6.07) is 9.07. The highest BCUT2D eigenvalue weighted by Gasteiger charge is 2.50. The van der Waals surface area contributed by atoms with Crippen molar-refractivity contribution in [2.75, 3.05) is 11.4 Å². The number of anilines is 1. The van der Waals surface area contributed by atoms with Crippen molar-refractivity contribution in [3.05, 3.63) is 75.3 Å². The van der Waals surface area contributed by atoms with Crippen LogP contribution in [-0.4, -0.2) is 23.3 Å². The van der Waals surface area contributed by atoms with E-state index in [0.717, 1.165) is 21.2 Å². The minimum atomic E-state index is -1.88. The molecule has 0 aromatic heterocycles. The zero-order valence-electron chi connectivity index (χ0n) is 15.7. The van der Waals surface area contributed by atoms with Gasteiger partial charge in [-0.3, -0.25) is 9.59 Å². The SMILES string of the molecule is C=CCN1C(=O)[C@@](O)(CC(=O)c2cc(C)c(C)cc2C)c2cc(Br)ccc21. The molecule has 1 heterocycles. The normalized spacial score (nSPS) is 18.6. The van der Waals surface area contributed by atoms with Gasteiger partial charge in [0.25, 0.3) is 5.91 Å². The molecule has 1 amide bonds. The van der Waals surface area contributed by atoms with E-state index in [9.17, 15) is 14.7 Å². The number of ketones is 1. The van der Waals surface area contributed by atoms with Crippen molar-refractivity contribution in [1.29, 1.82) is 0 Å². The summed E-state index contributed by atoms with van der Waals surface area (Å²) in [6.07, 6.45) is 1.30. The number of carbonyl (C=O) groups is 2. The smallest absolute Gasteiger partial charge is 0.264 e. The van der Waals surface area contributed by atoms with Crippen LogP contribution in [0.5, 0.6) is 0 Å². The molecule has 2 aromatic rings. The second kappa shape index (κ2) is 7.06. The summed E-state index contributed by atoms with van der Waals surface area (Å²) in [5, 5.41) is 11.3. The number of carbonyl (C=O) groups excluding carboxylic acids is 2. The quantitative estimate of drug-likeness (QED) is 0.569. The van der Waals surface area contributed by atoms with E-state index >= 15 is 0 Å². The maximum atomic E-state index is 13.0. The fraction of sp³-hybridized carbons (Fsp3) is 0.273. The lowest BCUT2D eigenvalue weighted by molar-refractivity contribution is -0.135. The predicted molar refractivity (Wildman–Crippen MR) is 110 cm³/mol. The Balaban J connectivity index is 2.04. The summed E-state index contributed by atoms with van der Waals surface area (Å²) in [5.41, 5.74) is 2.65. The summed E-state index contributed by atoms with van der Waals surface area (Å²) in [4.78, 5) is 27.5. The number of fused-ring (bicyclic) bond motifs is 1. The van der Waals surface area contributed by atoms with Crippen LogP contribution in [0.25, 0.3) is 0 Å². The van der Waals surface area contributed by atoms with Gasteiger partial charge in [-0.15, -0.1) is 6.58 Å². The van der Waals surface area contributed by atoms with E-state index in [-0.39, 0.29) is 18.7 Å². The van der Waals surface area contributed by atoms with Gasteiger partial charge in [-0.2, -0.15) is 0 Å². The largest absolute Gasteiger partial charge is 0.375 e. The van der Waals surface area contributed by atoms with Crippen molar-refractivity contribution in [3.63, 3.8) is 0 Å². The molecule has 0 saturated carbocycles. The van der Waals surface area contributed by atoms with E-state index in [1.807, 2.05) is 39.0 Å². The molecule has 0 fully saturated rings. The van der Waals surface area contributed by atoms with Crippen molar-refractivity contribution in [2.45, 2.75) is 32.8 Å². The van der Waals surface area contributed by atoms with Gasteiger partial charge in [0, 0.05) is 22.1 Å². The Labute approximate surface area is 167 Å². The number of aryl methyl sites for hydroxylation is 3. The van der Waals surface area contributed by atoms with Crippen molar-refractivity contribution in [3.8, 4) is 0 Å². The molecule has 140 valence electrons. The van der Waals surface area contributed by atoms with Gasteiger partial charge in [0.15, 0.2) is 11.4 Å². The second-order valence-electron chi connectivity index (χ2n) is 7.08. The molecule has 0 spiro atoms. The molecule has 1 atom stereocenters. The Morgan fingerprint density at radius 3 is 2.52 bits per heavy atom. The molecule has 0 radical (unpaired) electrons. The van der Waals surface area contributed by atoms with Gasteiger partial charge in [-0.25, -0.2) is 0 Å². The Morgan fingerprint density at radius 2 is 1.85 bits per heavy atom. The lowest BCUT2D eigenvalue weighted by atomic mass is 9.86. The molecule has 0 aliphatic carbocycles. The van der Waals surface area contributed by atoms with Crippen LogP contribution in [0.15, 0.2) is 47.5 Å². The number of Topliss-reactive ketones (excluding diaryl/α,β-unsaturated/α-hetero) is 1. The molecule has 3 rings (SSSR count). The summed E-state index contributed by atoms with van der Waals surface area (Å²) in [7, 11) is 0. The van der Waals surface area contributed by atoms with E-state index in [4.69, 9.17) is 0 Å². The van der Waals surface area contributed by atoms with Crippen LogP contribution >= 0.6 is 15.9 Å². The highest BCUT2D eigenvalue weighted by molar-refractivity contribution is 9.10. The van der Waals surface area contributed by atoms with E-state index in [1.54, 1.807) is 18.2 Å². The maximum Gasteiger partial charge on any atom is 0.264 e. The molecule has 27 heavy (non-hydrogen) atoms. The first kappa shape index (κ1) is 19.5. The van der Waals surface area contributed by atoms with E-state index in [2.05, 4.69) is 22.5 Å². The number of hydrogen-bond donors (Lipinski definition) is 1. The third kappa shape index (κ3) is 3.26. The number of benzene rings is 2. The minimum Gasteiger partial charge on any atom is -0.375 e. The molecule has 5 heteroatoms. The lowest BCUT2D eigenvalue weighted by Gasteiger charge is -2.22. The van der Waals surface area contributed by atoms with Gasteiger partial charge in [-0.05, 0) is 61.7 Å². The molecule has 4 nitrogen and oxygen atoms in total. The van der Waals surface area contributed by atoms with Crippen molar-refractivity contribution < 1.29 is 14.7 Å². The number of halogens is 1. The zero-order chi connectivity index (χ0) is 19.9. The molecule has 1 aliphatic rings. The van der Waals surface area contributed by atoms with Crippen LogP contribution in [-0.2, 0) is 10.4 Å². The van der Waals surface area contributed by atoms with Crippen molar-refractivity contribution in [2.24, 2.45) is 0 Å². The summed E-state index contributed by atoms with van der Waals surface area (Å²) in [5.74, 6) is -0.747. The van der Waals surface area contributed by atoms with Gasteiger partial charge in [0.05, 0.1) is 12.1 Å². The Kier molecular flexibility index (Phi) is 5.10. The first-order valence-electron chi connectivity index (χ1n) is 8.75. The molecule has 2 aromatic carbocycles. The molecular weight excluding hydrogens is 406 g/mol. The van der Waals surface area contributed by atoms with Gasteiger partial charge in [-0.1, -0.05) is 28.1 Å². The van der Waals surface area contributed by atoms with Crippen LogP contribution < -0.4 is 4.90 Å². The van der Waals surface area contributed by atoms with Crippen molar-refractivity contribution in [1.82, 2.24) is 0 Å². The fourth-order valence-corrected chi connectivity index (χ4v) is 3.95. The van der Waals surface area contributed by atoms with Gasteiger partial charge in [0.2, 0.25) is 0 Å². The number of rotatable bonds is 5. The Hall–Kier alpha value is -2.24. The summed E-state index contributed by atoms with van der Waals surface area (Å²) >= 11 is 3.39. The average molecular weight is 428 g/mol. The summed E-state index contributed by atoms with van der Waals surface area (Å²) in [6.45, 7) is 9.76. The number of aliphatic hydroxyl groups is 1. The number of hydrogen-bond acceptors (Lipinski definition) is 3. The number of nitrogens with zero attached hydrogens (tertiary/aromatic N) is 1. The van der Waals surface area contributed by atoms with E-state index < -0.39 is 11.5 Å². The Bertz CT molecular complexity index is 966. The third-order valence-electron chi connectivity index (χ3n) is 5.16. The predicted octanol–water partition coefficient (Wildman–Crippen LogP) is 4.37. The van der Waals surface area contributed by atoms with E-state index in [0.29, 0.717) is 16.8 Å². The zero-order valence-corrected chi connectivity index (χ0v) is 17.3. The number of amides is 1. The van der Waals surface area contributed by atoms with Gasteiger partial charge < -0.3 is 10.0 Å². The standard InChI is InChI=1S/C22H22BrNO3/c1-5-8-24-19-7-6-16(23)11-18(19)22(27,21(24)26)12-20(25)17-10-14(3)13(2)9-15(17)4/h5-7,9-11,27H,1,8,12H2,2-4H3/t22-/m1/s1. The first-order chi connectivity index (χ1) is 12.7. The van der Waals surface area contributed by atoms with Crippen LogP contribution in [0.3, 0.4) is 0 Å². The van der Waals surface area contributed by atoms with Gasteiger partial charge in [0.1, 0.15) is 0 Å². The summed E-state index contributed by atoms with van der Waals surface area (Å²) < 4.78 is 0.739. The molecule has 0 bridgehead atoms. The average Bonchev–Trinajstić information content (AvgIpc) is 2.80. The molecule has 0 unspecified atom stereocenters. The van der Waals surface area contributed by atoms with Crippen LogP contribution in [0.2, 0.25) is 0 Å². The highest BCUT2D eigenvalue weighted by Crippen LogP contribution is 2.44. The molecule has 1 N–H and O–H groups in total. The van der Waals surface area contributed by atoms with Gasteiger partial charge >= 0.3 is 0 Å². The van der Waals surface area contributed by atoms with Crippen LogP contribution in [0.4, 0.5) is 5.69 Å². The monoisotopic (exact) mass is 427 g/mol. The molecule has 1 aliphatic heterocycles. The lowest BCUT2D eigenvalue weighted by Crippen LogP contribution is -2.42. The first-order valence-corrected chi connectivity index (χ1v) is 9.54. The Morgan fingerprint density at radius 1 is 1.19 bits per heavy atom. The van der Waals surface area contributed by atoms with Crippen LogP contribution in [0, 0.1) is 20.8 Å². The maximum absolute atomic E-state index is 13.0. The second-order valence-corrected chi connectivity index (χ2v) is 7.99. The van der Waals surface area contributed by atoms with E-state index in [1.165, 1.54) is 4.90 Å².